The Labute approximate surface area is 66.6 Å². The molecule has 11 heavy (non-hydrogen) atoms. The van der Waals surface area contributed by atoms with E-state index in [9.17, 15) is 4.79 Å². The summed E-state index contributed by atoms with van der Waals surface area (Å²) in [6, 6.07) is 0. The molecular formula is C9H14O2. The molecule has 0 aromatic heterocycles. The van der Waals surface area contributed by atoms with Crippen molar-refractivity contribution >= 4 is 5.97 Å². The summed E-state index contributed by atoms with van der Waals surface area (Å²) in [6.07, 6.45) is 1.85. The van der Waals surface area contributed by atoms with Gasteiger partial charge in [-0.15, -0.1) is 0 Å². The normalized spacial score (nSPS) is 45.1. The van der Waals surface area contributed by atoms with E-state index in [-0.39, 0.29) is 5.92 Å². The van der Waals surface area contributed by atoms with Gasteiger partial charge < -0.3 is 5.11 Å². The summed E-state index contributed by atoms with van der Waals surface area (Å²) in [7, 11) is 0. The minimum absolute atomic E-state index is 0.0296. The Hall–Kier alpha value is -0.530. The van der Waals surface area contributed by atoms with Gasteiger partial charge in [-0.3, -0.25) is 4.79 Å². The van der Waals surface area contributed by atoms with Crippen LogP contribution in [0.4, 0.5) is 0 Å². The molecule has 2 nitrogen and oxygen atoms in total. The maximum absolute atomic E-state index is 10.6. The summed E-state index contributed by atoms with van der Waals surface area (Å²) in [6.45, 7) is 4.50. The van der Waals surface area contributed by atoms with Gasteiger partial charge in [0.15, 0.2) is 0 Å². The largest absolute Gasteiger partial charge is 0.481 e. The van der Waals surface area contributed by atoms with Gasteiger partial charge >= 0.3 is 5.97 Å². The van der Waals surface area contributed by atoms with Gasteiger partial charge in [0.05, 0.1) is 5.92 Å². The van der Waals surface area contributed by atoms with Gasteiger partial charge in [0.25, 0.3) is 0 Å². The molecule has 2 aliphatic carbocycles. The van der Waals surface area contributed by atoms with E-state index in [1.54, 1.807) is 0 Å². The third-order valence-corrected chi connectivity index (χ3v) is 3.71. The highest BCUT2D eigenvalue weighted by atomic mass is 16.4. The molecule has 0 radical (unpaired) electrons. The van der Waals surface area contributed by atoms with Crippen LogP contribution in [0.25, 0.3) is 0 Å². The molecule has 2 aliphatic rings. The van der Waals surface area contributed by atoms with Crippen LogP contribution in [0.1, 0.15) is 26.7 Å². The second-order valence-corrected chi connectivity index (χ2v) is 4.54. The molecule has 1 unspecified atom stereocenters. The van der Waals surface area contributed by atoms with Gasteiger partial charge in [-0.05, 0) is 30.1 Å². The van der Waals surface area contributed by atoms with Crippen LogP contribution in [0.5, 0.6) is 0 Å². The summed E-state index contributed by atoms with van der Waals surface area (Å²) >= 11 is 0. The first kappa shape index (κ1) is 7.14. The first-order chi connectivity index (χ1) is 5.03. The van der Waals surface area contributed by atoms with E-state index in [2.05, 4.69) is 13.8 Å². The van der Waals surface area contributed by atoms with Gasteiger partial charge in [0.1, 0.15) is 0 Å². The monoisotopic (exact) mass is 154 g/mol. The van der Waals surface area contributed by atoms with Crippen molar-refractivity contribution in [3.8, 4) is 0 Å². The highest BCUT2D eigenvalue weighted by Crippen LogP contribution is 2.68. The van der Waals surface area contributed by atoms with E-state index in [0.717, 1.165) is 12.8 Å². The first-order valence-corrected chi connectivity index (χ1v) is 4.26. The van der Waals surface area contributed by atoms with Gasteiger partial charge in [-0.25, -0.2) is 0 Å². The fraction of sp³-hybridized carbons (Fsp3) is 0.889. The van der Waals surface area contributed by atoms with E-state index in [4.69, 9.17) is 5.11 Å². The highest BCUT2D eigenvalue weighted by Gasteiger charge is 2.62. The predicted octanol–water partition coefficient (Wildman–Crippen LogP) is 1.75. The maximum Gasteiger partial charge on any atom is 0.306 e. The number of carboxylic acid groups (broad SMARTS) is 1. The standard InChI is InChI=1S/C9H14O2/c1-9(2)6-3-5(8(10)11)4-7(6)9/h5-7H,3-4H2,1-2H3,(H,10,11)/t5?,6-,7+. The SMILES string of the molecule is CC1(C)[C@@H]2CC(C(=O)O)C[C@@H]21. The zero-order valence-electron chi connectivity index (χ0n) is 7.00. The predicted molar refractivity (Wildman–Crippen MR) is 41.1 cm³/mol. The Bertz CT molecular complexity index is 194. The third kappa shape index (κ3) is 0.815. The number of carboxylic acids is 1. The van der Waals surface area contributed by atoms with E-state index in [0.29, 0.717) is 17.3 Å². The van der Waals surface area contributed by atoms with Crippen LogP contribution in [0, 0.1) is 23.2 Å². The molecule has 3 atom stereocenters. The Kier molecular flexibility index (Phi) is 1.16. The summed E-state index contributed by atoms with van der Waals surface area (Å²) in [5.41, 5.74) is 0.464. The minimum atomic E-state index is -0.590. The highest BCUT2D eigenvalue weighted by molar-refractivity contribution is 5.70. The van der Waals surface area contributed by atoms with Gasteiger partial charge in [0, 0.05) is 0 Å². The lowest BCUT2D eigenvalue weighted by atomic mass is 9.93. The van der Waals surface area contributed by atoms with Gasteiger partial charge in [-0.1, -0.05) is 13.8 Å². The van der Waals surface area contributed by atoms with Crippen LogP contribution in [0.15, 0.2) is 0 Å². The lowest BCUT2D eigenvalue weighted by Gasteiger charge is -2.12. The number of hydrogen-bond acceptors (Lipinski definition) is 1. The Morgan fingerprint density at radius 2 is 1.82 bits per heavy atom. The van der Waals surface area contributed by atoms with E-state index >= 15 is 0 Å². The second kappa shape index (κ2) is 1.79. The van der Waals surface area contributed by atoms with Gasteiger partial charge in [0.2, 0.25) is 0 Å². The maximum atomic E-state index is 10.6. The molecule has 62 valence electrons. The number of fused-ring (bicyclic) bond motifs is 1. The Morgan fingerprint density at radius 3 is 2.18 bits per heavy atom. The molecular weight excluding hydrogens is 140 g/mol. The zero-order chi connectivity index (χ0) is 8.22. The first-order valence-electron chi connectivity index (χ1n) is 4.26. The van der Waals surface area contributed by atoms with Crippen molar-refractivity contribution in [3.63, 3.8) is 0 Å². The fourth-order valence-corrected chi connectivity index (χ4v) is 2.70. The van der Waals surface area contributed by atoms with Gasteiger partial charge in [-0.2, -0.15) is 0 Å². The molecule has 0 saturated heterocycles. The molecule has 2 heteroatoms. The van der Waals surface area contributed by atoms with E-state index in [1.807, 2.05) is 0 Å². The summed E-state index contributed by atoms with van der Waals surface area (Å²) in [5.74, 6) is 0.804. The van der Waals surface area contributed by atoms with Crippen molar-refractivity contribution < 1.29 is 9.90 Å². The van der Waals surface area contributed by atoms with Crippen LogP contribution in [-0.2, 0) is 4.79 Å². The molecule has 0 bridgehead atoms. The molecule has 0 spiro atoms. The average molecular weight is 154 g/mol. The number of aliphatic carboxylic acids is 1. The molecule has 0 heterocycles. The lowest BCUT2D eigenvalue weighted by Crippen LogP contribution is -2.14. The second-order valence-electron chi connectivity index (χ2n) is 4.54. The molecule has 2 saturated carbocycles. The molecule has 0 aromatic rings. The number of hydrogen-bond donors (Lipinski definition) is 1. The topological polar surface area (TPSA) is 37.3 Å². The summed E-state index contributed by atoms with van der Waals surface area (Å²) < 4.78 is 0. The molecule has 1 N–H and O–H groups in total. The van der Waals surface area contributed by atoms with Crippen molar-refractivity contribution in [2.75, 3.05) is 0 Å². The molecule has 2 rings (SSSR count). The molecule has 0 aliphatic heterocycles. The molecule has 0 amide bonds. The van der Waals surface area contributed by atoms with Crippen LogP contribution >= 0.6 is 0 Å². The fourth-order valence-electron chi connectivity index (χ4n) is 2.70. The quantitative estimate of drug-likeness (QED) is 0.624. The van der Waals surface area contributed by atoms with Crippen LogP contribution < -0.4 is 0 Å². The van der Waals surface area contributed by atoms with Crippen molar-refractivity contribution in [1.82, 2.24) is 0 Å². The van der Waals surface area contributed by atoms with Crippen LogP contribution in [0.3, 0.4) is 0 Å². The number of carbonyl (C=O) groups is 1. The Morgan fingerprint density at radius 1 is 1.36 bits per heavy atom. The van der Waals surface area contributed by atoms with Crippen molar-refractivity contribution in [2.24, 2.45) is 23.2 Å². The molecule has 0 aromatic carbocycles. The average Bonchev–Trinajstić information content (AvgIpc) is 2.28. The lowest BCUT2D eigenvalue weighted by molar-refractivity contribution is -0.142. The van der Waals surface area contributed by atoms with Crippen molar-refractivity contribution in [1.29, 1.82) is 0 Å². The van der Waals surface area contributed by atoms with Crippen LogP contribution in [0.2, 0.25) is 0 Å². The zero-order valence-corrected chi connectivity index (χ0v) is 7.00. The van der Waals surface area contributed by atoms with Crippen molar-refractivity contribution in [2.45, 2.75) is 26.7 Å². The molecule has 2 fully saturated rings. The van der Waals surface area contributed by atoms with Crippen molar-refractivity contribution in [3.05, 3.63) is 0 Å². The Balaban J connectivity index is 2.00. The minimum Gasteiger partial charge on any atom is -0.481 e. The van der Waals surface area contributed by atoms with Crippen LogP contribution in [-0.4, -0.2) is 11.1 Å². The summed E-state index contributed by atoms with van der Waals surface area (Å²) in [4.78, 5) is 10.6. The van der Waals surface area contributed by atoms with E-state index in [1.165, 1.54) is 0 Å². The smallest absolute Gasteiger partial charge is 0.306 e. The third-order valence-electron chi connectivity index (χ3n) is 3.71. The van der Waals surface area contributed by atoms with E-state index < -0.39 is 5.97 Å². The number of rotatable bonds is 1. The summed E-state index contributed by atoms with van der Waals surface area (Å²) in [5, 5.41) is 8.72.